The second-order valence-corrected chi connectivity index (χ2v) is 7.76. The van der Waals surface area contributed by atoms with Crippen molar-refractivity contribution in [3.05, 3.63) is 80.8 Å². The number of benzene rings is 1. The summed E-state index contributed by atoms with van der Waals surface area (Å²) in [6, 6.07) is 11.8. The molecule has 144 valence electrons. The predicted molar refractivity (Wildman–Crippen MR) is 109 cm³/mol. The molecule has 3 rings (SSSR count). The van der Waals surface area contributed by atoms with Gasteiger partial charge in [0.15, 0.2) is 4.80 Å². The standard InChI is InChI=1S/C20H19ClN4O2S/c1-13-12-25(14(2)18(26)23-11-15-7-5-6-10-22-15)20(28-13)24-19(27)16-8-3-4-9-17(16)21/h3-10,12,14H,11H2,1-2H3,(H,23,26)/t14-/m0/s1. The number of carbonyl (C=O) groups is 2. The van der Waals surface area contributed by atoms with E-state index in [-0.39, 0.29) is 5.91 Å². The summed E-state index contributed by atoms with van der Waals surface area (Å²) in [4.78, 5) is 34.9. The minimum Gasteiger partial charge on any atom is -0.349 e. The van der Waals surface area contributed by atoms with Crippen LogP contribution in [0.3, 0.4) is 0 Å². The van der Waals surface area contributed by atoms with E-state index in [0.29, 0.717) is 21.9 Å². The average Bonchev–Trinajstić information content (AvgIpc) is 3.06. The van der Waals surface area contributed by atoms with Crippen LogP contribution in [-0.2, 0) is 11.3 Å². The van der Waals surface area contributed by atoms with E-state index < -0.39 is 11.9 Å². The number of nitrogens with zero attached hydrogens (tertiary/aromatic N) is 3. The highest BCUT2D eigenvalue weighted by Gasteiger charge is 2.18. The summed E-state index contributed by atoms with van der Waals surface area (Å²) in [6.45, 7) is 4.00. The van der Waals surface area contributed by atoms with Crippen molar-refractivity contribution in [3.8, 4) is 0 Å². The summed E-state index contributed by atoms with van der Waals surface area (Å²) in [5.41, 5.74) is 1.10. The minimum atomic E-state index is -0.536. The first-order chi connectivity index (χ1) is 13.5. The average molecular weight is 415 g/mol. The van der Waals surface area contributed by atoms with Crippen LogP contribution in [0.25, 0.3) is 0 Å². The molecule has 0 aliphatic rings. The van der Waals surface area contributed by atoms with Gasteiger partial charge < -0.3 is 9.88 Å². The number of thiazole rings is 1. The molecule has 0 saturated heterocycles. The number of aromatic nitrogens is 2. The van der Waals surface area contributed by atoms with E-state index in [0.717, 1.165) is 10.6 Å². The number of aryl methyl sites for hydroxylation is 1. The number of halogens is 1. The molecule has 0 bridgehead atoms. The maximum atomic E-state index is 12.6. The Bertz CT molecular complexity index is 1060. The van der Waals surface area contributed by atoms with E-state index in [1.165, 1.54) is 11.3 Å². The van der Waals surface area contributed by atoms with Crippen LogP contribution in [-0.4, -0.2) is 21.4 Å². The van der Waals surface area contributed by atoms with Crippen molar-refractivity contribution in [1.82, 2.24) is 14.9 Å². The van der Waals surface area contributed by atoms with Crippen molar-refractivity contribution in [2.45, 2.75) is 26.4 Å². The summed E-state index contributed by atoms with van der Waals surface area (Å²) >= 11 is 7.43. The van der Waals surface area contributed by atoms with Crippen LogP contribution in [0.1, 0.15) is 33.9 Å². The van der Waals surface area contributed by atoms with Crippen molar-refractivity contribution in [2.75, 3.05) is 0 Å². The molecular formula is C20H19ClN4O2S. The van der Waals surface area contributed by atoms with Gasteiger partial charge >= 0.3 is 0 Å². The molecule has 2 heterocycles. The molecule has 0 radical (unpaired) electrons. The monoisotopic (exact) mass is 414 g/mol. The van der Waals surface area contributed by atoms with Gasteiger partial charge in [0, 0.05) is 17.3 Å². The Morgan fingerprint density at radius 3 is 2.71 bits per heavy atom. The second kappa shape index (κ2) is 8.95. The molecule has 2 aromatic heterocycles. The molecule has 2 amide bonds. The molecule has 0 aliphatic heterocycles. The lowest BCUT2D eigenvalue weighted by Crippen LogP contribution is -2.34. The van der Waals surface area contributed by atoms with E-state index in [9.17, 15) is 9.59 Å². The van der Waals surface area contributed by atoms with Crippen LogP contribution in [0.2, 0.25) is 5.02 Å². The lowest BCUT2D eigenvalue weighted by atomic mass is 10.2. The van der Waals surface area contributed by atoms with Crippen LogP contribution in [0.4, 0.5) is 0 Å². The zero-order valence-corrected chi connectivity index (χ0v) is 17.0. The number of nitrogens with one attached hydrogen (secondary N) is 1. The van der Waals surface area contributed by atoms with Gasteiger partial charge in [-0.2, -0.15) is 4.99 Å². The van der Waals surface area contributed by atoms with Gasteiger partial charge in [-0.1, -0.05) is 29.8 Å². The molecule has 0 saturated carbocycles. The maximum absolute atomic E-state index is 12.6. The van der Waals surface area contributed by atoms with E-state index in [2.05, 4.69) is 15.3 Å². The Balaban J connectivity index is 1.82. The lowest BCUT2D eigenvalue weighted by molar-refractivity contribution is -0.124. The molecule has 0 unspecified atom stereocenters. The molecule has 6 nitrogen and oxygen atoms in total. The van der Waals surface area contributed by atoms with Crippen LogP contribution < -0.4 is 10.1 Å². The highest BCUT2D eigenvalue weighted by molar-refractivity contribution is 7.09. The molecule has 8 heteroatoms. The smallest absolute Gasteiger partial charge is 0.281 e. The van der Waals surface area contributed by atoms with Crippen molar-refractivity contribution in [1.29, 1.82) is 0 Å². The number of hydrogen-bond acceptors (Lipinski definition) is 4. The lowest BCUT2D eigenvalue weighted by Gasteiger charge is -2.13. The fraction of sp³-hybridized carbons (Fsp3) is 0.200. The van der Waals surface area contributed by atoms with Crippen LogP contribution in [0.5, 0.6) is 0 Å². The third-order valence-electron chi connectivity index (χ3n) is 4.06. The Morgan fingerprint density at radius 2 is 2.00 bits per heavy atom. The first-order valence-electron chi connectivity index (χ1n) is 8.65. The van der Waals surface area contributed by atoms with Crippen molar-refractivity contribution in [2.24, 2.45) is 4.99 Å². The summed E-state index contributed by atoms with van der Waals surface area (Å²) in [5, 5.41) is 3.21. The number of rotatable bonds is 5. The topological polar surface area (TPSA) is 76.3 Å². The van der Waals surface area contributed by atoms with Gasteiger partial charge in [-0.05, 0) is 38.1 Å². The summed E-state index contributed by atoms with van der Waals surface area (Å²) in [7, 11) is 0. The number of amides is 2. The molecule has 0 fully saturated rings. The summed E-state index contributed by atoms with van der Waals surface area (Å²) < 4.78 is 1.70. The van der Waals surface area contributed by atoms with Crippen LogP contribution >= 0.6 is 22.9 Å². The first kappa shape index (κ1) is 20.0. The highest BCUT2D eigenvalue weighted by atomic mass is 35.5. The quantitative estimate of drug-likeness (QED) is 0.693. The number of carbonyl (C=O) groups excluding carboxylic acids is 2. The molecular weight excluding hydrogens is 396 g/mol. The highest BCUT2D eigenvalue weighted by Crippen LogP contribution is 2.16. The van der Waals surface area contributed by atoms with Crippen LogP contribution in [0, 0.1) is 6.92 Å². The molecule has 1 atom stereocenters. The van der Waals surface area contributed by atoms with Gasteiger partial charge in [0.25, 0.3) is 5.91 Å². The fourth-order valence-electron chi connectivity index (χ4n) is 2.57. The normalized spacial score (nSPS) is 12.6. The van der Waals surface area contributed by atoms with Crippen LogP contribution in [0.15, 0.2) is 59.9 Å². The van der Waals surface area contributed by atoms with E-state index >= 15 is 0 Å². The van der Waals surface area contributed by atoms with Gasteiger partial charge in [-0.3, -0.25) is 14.6 Å². The Morgan fingerprint density at radius 1 is 1.25 bits per heavy atom. The molecule has 0 spiro atoms. The van der Waals surface area contributed by atoms with Gasteiger partial charge in [0.05, 0.1) is 22.8 Å². The SMILES string of the molecule is Cc1cn([C@@H](C)C(=O)NCc2ccccn2)c(=NC(=O)c2ccccc2Cl)s1. The van der Waals surface area contributed by atoms with E-state index in [4.69, 9.17) is 11.6 Å². The number of hydrogen-bond donors (Lipinski definition) is 1. The molecule has 1 N–H and O–H groups in total. The second-order valence-electron chi connectivity index (χ2n) is 6.14. The molecule has 0 aliphatic carbocycles. The predicted octanol–water partition coefficient (Wildman–Crippen LogP) is 3.52. The largest absolute Gasteiger partial charge is 0.349 e. The zero-order valence-electron chi connectivity index (χ0n) is 15.4. The molecule has 1 aromatic carbocycles. The first-order valence-corrected chi connectivity index (χ1v) is 9.85. The Kier molecular flexibility index (Phi) is 6.38. The van der Waals surface area contributed by atoms with Crippen molar-refractivity contribution in [3.63, 3.8) is 0 Å². The maximum Gasteiger partial charge on any atom is 0.281 e. The minimum absolute atomic E-state index is 0.185. The third kappa shape index (κ3) is 4.74. The molecule has 3 aromatic rings. The number of pyridine rings is 1. The Hall–Kier alpha value is -2.77. The van der Waals surface area contributed by atoms with E-state index in [1.807, 2.05) is 31.3 Å². The van der Waals surface area contributed by atoms with Gasteiger partial charge in [0.2, 0.25) is 5.91 Å². The van der Waals surface area contributed by atoms with Gasteiger partial charge in [-0.25, -0.2) is 0 Å². The molecule has 28 heavy (non-hydrogen) atoms. The van der Waals surface area contributed by atoms with Gasteiger partial charge in [0.1, 0.15) is 6.04 Å². The van der Waals surface area contributed by atoms with Crippen molar-refractivity contribution >= 4 is 34.8 Å². The summed E-state index contributed by atoms with van der Waals surface area (Å²) in [5.74, 6) is -0.627. The summed E-state index contributed by atoms with van der Waals surface area (Å²) in [6.07, 6.45) is 3.49. The Labute approximate surface area is 171 Å². The van der Waals surface area contributed by atoms with Gasteiger partial charge in [-0.15, -0.1) is 11.3 Å². The fourth-order valence-corrected chi connectivity index (χ4v) is 3.68. The zero-order chi connectivity index (χ0) is 20.1. The van der Waals surface area contributed by atoms with Crippen molar-refractivity contribution < 1.29 is 9.59 Å². The third-order valence-corrected chi connectivity index (χ3v) is 5.30. The van der Waals surface area contributed by atoms with E-state index in [1.54, 1.807) is 42.0 Å².